The highest BCUT2D eigenvalue weighted by Gasteiger charge is 2.36. The summed E-state index contributed by atoms with van der Waals surface area (Å²) in [6.45, 7) is 1.76. The van der Waals surface area contributed by atoms with Gasteiger partial charge in [-0.3, -0.25) is 14.0 Å². The maximum absolute atomic E-state index is 14.7. The molecule has 4 heterocycles. The second-order valence-electron chi connectivity index (χ2n) is 8.58. The molecule has 1 aromatic carbocycles. The number of fused-ring (bicyclic) bond motifs is 2. The van der Waals surface area contributed by atoms with E-state index >= 15 is 0 Å². The summed E-state index contributed by atoms with van der Waals surface area (Å²) < 4.78 is 55.4. The number of amides is 1. The first-order valence-electron chi connectivity index (χ1n) is 10.9. The topological polar surface area (TPSA) is 83.4 Å². The van der Waals surface area contributed by atoms with Crippen molar-refractivity contribution in [2.45, 2.75) is 32.5 Å². The first kappa shape index (κ1) is 24.0. The predicted octanol–water partition coefficient (Wildman–Crippen LogP) is 4.33. The van der Waals surface area contributed by atoms with Crippen LogP contribution in [0, 0.1) is 12.7 Å². The standard InChI is InChI=1S/C24H18ClF4N5O2/c1-12-6-19-21(35)30-10-15(34(19)20(12)25)7-13-2-3-17(26)16(8-13)22(36)33-5-4-14-9-31-23(24(27,28)29)32-18(14)11-33/h2-3,6,8-10H,4-5,7,11H2,1H3,(H,30,35). The first-order valence-corrected chi connectivity index (χ1v) is 11.3. The van der Waals surface area contributed by atoms with Gasteiger partial charge in [-0.2, -0.15) is 13.2 Å². The van der Waals surface area contributed by atoms with Crippen LogP contribution in [0.25, 0.3) is 5.52 Å². The second kappa shape index (κ2) is 8.74. The van der Waals surface area contributed by atoms with Gasteiger partial charge in [0.2, 0.25) is 5.82 Å². The lowest BCUT2D eigenvalue weighted by Gasteiger charge is -2.28. The zero-order valence-corrected chi connectivity index (χ0v) is 19.5. The van der Waals surface area contributed by atoms with Gasteiger partial charge in [0.05, 0.1) is 17.8 Å². The van der Waals surface area contributed by atoms with E-state index in [1.165, 1.54) is 23.2 Å². The van der Waals surface area contributed by atoms with Crippen LogP contribution < -0.4 is 5.56 Å². The fourth-order valence-corrected chi connectivity index (χ4v) is 4.57. The number of H-pyrrole nitrogens is 1. The molecule has 0 fully saturated rings. The molecule has 0 saturated carbocycles. The van der Waals surface area contributed by atoms with E-state index in [2.05, 4.69) is 15.0 Å². The lowest BCUT2D eigenvalue weighted by molar-refractivity contribution is -0.145. The highest BCUT2D eigenvalue weighted by Crippen LogP contribution is 2.28. The number of nitrogens with one attached hydrogen (secondary N) is 1. The summed E-state index contributed by atoms with van der Waals surface area (Å²) in [4.78, 5) is 36.2. The van der Waals surface area contributed by atoms with E-state index in [1.807, 2.05) is 0 Å². The molecule has 1 aliphatic heterocycles. The van der Waals surface area contributed by atoms with Crippen LogP contribution in [-0.4, -0.2) is 36.7 Å². The van der Waals surface area contributed by atoms with Crippen molar-refractivity contribution in [2.75, 3.05) is 6.54 Å². The minimum atomic E-state index is -4.71. The summed E-state index contributed by atoms with van der Waals surface area (Å²) in [5, 5.41) is 0.372. The number of aromatic amines is 1. The van der Waals surface area contributed by atoms with Crippen molar-refractivity contribution in [1.29, 1.82) is 0 Å². The normalized spacial score (nSPS) is 13.8. The summed E-state index contributed by atoms with van der Waals surface area (Å²) in [5.41, 5.74) is 2.35. The Morgan fingerprint density at radius 2 is 2.03 bits per heavy atom. The van der Waals surface area contributed by atoms with Crippen molar-refractivity contribution < 1.29 is 22.4 Å². The van der Waals surface area contributed by atoms with Crippen LogP contribution in [0.1, 0.15) is 44.3 Å². The van der Waals surface area contributed by atoms with Crippen LogP contribution in [0.2, 0.25) is 5.15 Å². The second-order valence-corrected chi connectivity index (χ2v) is 8.94. The molecule has 1 N–H and O–H groups in total. The third-order valence-electron chi connectivity index (χ3n) is 6.14. The molecule has 0 unspecified atom stereocenters. The molecule has 3 aromatic heterocycles. The lowest BCUT2D eigenvalue weighted by atomic mass is 10.0. The Kier molecular flexibility index (Phi) is 5.82. The quantitative estimate of drug-likeness (QED) is 0.409. The minimum Gasteiger partial charge on any atom is -0.332 e. The summed E-state index contributed by atoms with van der Waals surface area (Å²) in [5.74, 6) is -2.70. The Morgan fingerprint density at radius 3 is 2.78 bits per heavy atom. The Balaban J connectivity index is 1.44. The number of aryl methyl sites for hydroxylation is 1. The highest BCUT2D eigenvalue weighted by molar-refractivity contribution is 6.30. The monoisotopic (exact) mass is 519 g/mol. The third kappa shape index (κ3) is 4.23. The van der Waals surface area contributed by atoms with Gasteiger partial charge in [-0.15, -0.1) is 0 Å². The van der Waals surface area contributed by atoms with Gasteiger partial charge in [0, 0.05) is 31.1 Å². The van der Waals surface area contributed by atoms with Gasteiger partial charge in [0.25, 0.3) is 11.5 Å². The van der Waals surface area contributed by atoms with Gasteiger partial charge in [-0.05, 0) is 48.2 Å². The van der Waals surface area contributed by atoms with E-state index in [4.69, 9.17) is 11.6 Å². The number of alkyl halides is 3. The largest absolute Gasteiger partial charge is 0.451 e. The first-order chi connectivity index (χ1) is 17.0. The van der Waals surface area contributed by atoms with Crippen LogP contribution in [-0.2, 0) is 25.6 Å². The van der Waals surface area contributed by atoms with E-state index in [0.29, 0.717) is 33.1 Å². The number of benzene rings is 1. The van der Waals surface area contributed by atoms with Gasteiger partial charge >= 0.3 is 6.18 Å². The summed E-state index contributed by atoms with van der Waals surface area (Å²) >= 11 is 6.38. The molecule has 7 nitrogen and oxygen atoms in total. The van der Waals surface area contributed by atoms with Crippen molar-refractivity contribution in [1.82, 2.24) is 24.3 Å². The molecule has 0 aliphatic carbocycles. The number of rotatable bonds is 3. The average Bonchev–Trinajstić information content (AvgIpc) is 3.15. The molecular formula is C24H18ClF4N5O2. The molecule has 0 bridgehead atoms. The Labute approximate surface area is 206 Å². The predicted molar refractivity (Wildman–Crippen MR) is 122 cm³/mol. The van der Waals surface area contributed by atoms with Gasteiger partial charge in [-0.1, -0.05) is 17.7 Å². The van der Waals surface area contributed by atoms with Gasteiger partial charge in [-0.25, -0.2) is 14.4 Å². The minimum absolute atomic E-state index is 0.0849. The lowest BCUT2D eigenvalue weighted by Crippen LogP contribution is -2.37. The van der Waals surface area contributed by atoms with Gasteiger partial charge < -0.3 is 9.88 Å². The fraction of sp³-hybridized carbons (Fsp3) is 0.250. The van der Waals surface area contributed by atoms with Crippen LogP contribution in [0.4, 0.5) is 17.6 Å². The highest BCUT2D eigenvalue weighted by atomic mass is 35.5. The van der Waals surface area contributed by atoms with E-state index in [9.17, 15) is 27.2 Å². The number of hydrogen-bond donors (Lipinski definition) is 1. The molecule has 0 atom stereocenters. The van der Waals surface area contributed by atoms with Gasteiger partial charge in [0.15, 0.2) is 0 Å². The number of carbonyl (C=O) groups excluding carboxylic acids is 1. The maximum Gasteiger partial charge on any atom is 0.451 e. The van der Waals surface area contributed by atoms with Crippen molar-refractivity contribution in [3.63, 3.8) is 0 Å². The third-order valence-corrected chi connectivity index (χ3v) is 6.61. The van der Waals surface area contributed by atoms with Crippen LogP contribution in [0.5, 0.6) is 0 Å². The van der Waals surface area contributed by atoms with Crippen LogP contribution in [0.15, 0.2) is 41.5 Å². The zero-order chi connectivity index (χ0) is 25.8. The summed E-state index contributed by atoms with van der Waals surface area (Å²) in [7, 11) is 0. The zero-order valence-electron chi connectivity index (χ0n) is 18.8. The van der Waals surface area contributed by atoms with Gasteiger partial charge in [0.1, 0.15) is 16.5 Å². The Hall–Kier alpha value is -3.73. The van der Waals surface area contributed by atoms with Crippen molar-refractivity contribution >= 4 is 23.0 Å². The number of hydrogen-bond acceptors (Lipinski definition) is 4. The molecule has 36 heavy (non-hydrogen) atoms. The van der Waals surface area contributed by atoms with E-state index in [0.717, 1.165) is 12.3 Å². The maximum atomic E-state index is 14.7. The molecule has 0 spiro atoms. The molecule has 5 rings (SSSR count). The summed E-state index contributed by atoms with van der Waals surface area (Å²) in [6.07, 6.45) is -1.61. The number of carbonyl (C=O) groups is 1. The number of aromatic nitrogens is 4. The van der Waals surface area contributed by atoms with E-state index in [1.54, 1.807) is 17.4 Å². The molecular weight excluding hydrogens is 502 g/mol. The average molecular weight is 520 g/mol. The Bertz CT molecular complexity index is 1580. The molecule has 4 aromatic rings. The van der Waals surface area contributed by atoms with Crippen molar-refractivity contribution in [2.24, 2.45) is 0 Å². The molecule has 1 amide bonds. The molecule has 0 saturated heterocycles. The van der Waals surface area contributed by atoms with Crippen molar-refractivity contribution in [3.05, 3.63) is 97.4 Å². The van der Waals surface area contributed by atoms with E-state index in [-0.39, 0.29) is 42.7 Å². The Morgan fingerprint density at radius 1 is 1.25 bits per heavy atom. The SMILES string of the molecule is Cc1cc2c(=O)[nH]cc(Cc3ccc(F)c(C(=O)N4CCc5cnc(C(F)(F)F)nc5C4)c3)n2c1Cl. The molecule has 12 heteroatoms. The van der Waals surface area contributed by atoms with Crippen LogP contribution >= 0.6 is 11.6 Å². The molecule has 186 valence electrons. The molecule has 0 radical (unpaired) electrons. The number of nitrogens with zero attached hydrogens (tertiary/aromatic N) is 4. The smallest absolute Gasteiger partial charge is 0.332 e. The van der Waals surface area contributed by atoms with Crippen molar-refractivity contribution in [3.8, 4) is 0 Å². The number of halogens is 5. The fourth-order valence-electron chi connectivity index (χ4n) is 4.32. The van der Waals surface area contributed by atoms with Crippen LogP contribution in [0.3, 0.4) is 0 Å². The summed E-state index contributed by atoms with van der Waals surface area (Å²) in [6, 6.07) is 5.74. The van der Waals surface area contributed by atoms with E-state index < -0.39 is 23.7 Å². The molecule has 1 aliphatic rings.